The van der Waals surface area contributed by atoms with E-state index in [9.17, 15) is 27.1 Å². The molecule has 3 aromatic rings. The SMILES string of the molecule is CCOc1cncc(-c2cnc(C(=O)N[C@@H](c3cccc(NS(=O)(=O)C(F)F)c3)[C@@H](C)CO)s2)n1. The third-order valence-corrected chi connectivity index (χ3v) is 6.75. The van der Waals surface area contributed by atoms with Crippen LogP contribution in [0.1, 0.15) is 35.3 Å². The molecule has 1 aromatic carbocycles. The van der Waals surface area contributed by atoms with Crippen LogP contribution in [0.2, 0.25) is 0 Å². The Kier molecular flexibility index (Phi) is 8.64. The molecule has 0 fully saturated rings. The molecule has 0 aliphatic carbocycles. The van der Waals surface area contributed by atoms with E-state index in [1.165, 1.54) is 36.8 Å². The molecule has 188 valence electrons. The van der Waals surface area contributed by atoms with Gasteiger partial charge in [0.15, 0.2) is 5.01 Å². The number of halogens is 2. The van der Waals surface area contributed by atoms with Gasteiger partial charge in [-0.1, -0.05) is 19.1 Å². The van der Waals surface area contributed by atoms with Gasteiger partial charge in [0.1, 0.15) is 5.69 Å². The van der Waals surface area contributed by atoms with E-state index in [1.807, 2.05) is 6.92 Å². The smallest absolute Gasteiger partial charge is 0.355 e. The first-order valence-corrected chi connectivity index (χ1v) is 12.7. The fourth-order valence-electron chi connectivity index (χ4n) is 3.05. The summed E-state index contributed by atoms with van der Waals surface area (Å²) in [5.74, 6) is -4.30. The molecule has 0 spiro atoms. The van der Waals surface area contributed by atoms with Crippen LogP contribution in [-0.4, -0.2) is 53.4 Å². The van der Waals surface area contributed by atoms with Crippen LogP contribution in [0.5, 0.6) is 5.88 Å². The Labute approximate surface area is 204 Å². The molecule has 0 aliphatic heterocycles. The van der Waals surface area contributed by atoms with Crippen molar-refractivity contribution in [3.8, 4) is 16.5 Å². The number of carbonyl (C=O) groups excluding carboxylic acids is 1. The number of hydrogen-bond acceptors (Lipinski definition) is 9. The van der Waals surface area contributed by atoms with Gasteiger partial charge in [-0.2, -0.15) is 8.78 Å². The maximum atomic E-state index is 12.9. The summed E-state index contributed by atoms with van der Waals surface area (Å²) in [7, 11) is -4.86. The first-order chi connectivity index (χ1) is 16.6. The van der Waals surface area contributed by atoms with Crippen molar-refractivity contribution in [3.05, 3.63) is 53.4 Å². The number of nitrogens with zero attached hydrogens (tertiary/aromatic N) is 3. The highest BCUT2D eigenvalue weighted by molar-refractivity contribution is 7.93. The van der Waals surface area contributed by atoms with Crippen LogP contribution in [0.3, 0.4) is 0 Å². The molecule has 2 aromatic heterocycles. The van der Waals surface area contributed by atoms with E-state index in [0.29, 0.717) is 28.6 Å². The summed E-state index contributed by atoms with van der Waals surface area (Å²) < 4.78 is 55.6. The molecule has 10 nitrogen and oxygen atoms in total. The van der Waals surface area contributed by atoms with Gasteiger partial charge in [0, 0.05) is 24.4 Å². The van der Waals surface area contributed by atoms with Gasteiger partial charge < -0.3 is 15.2 Å². The molecule has 0 unspecified atom stereocenters. The molecule has 14 heteroatoms. The lowest BCUT2D eigenvalue weighted by atomic mass is 9.94. The molecule has 0 saturated heterocycles. The molecule has 3 N–H and O–H groups in total. The summed E-state index contributed by atoms with van der Waals surface area (Å²) in [5, 5.41) is 12.6. The molecule has 0 bridgehead atoms. The quantitative estimate of drug-likeness (QED) is 0.345. The van der Waals surface area contributed by atoms with Crippen LogP contribution >= 0.6 is 11.3 Å². The first-order valence-electron chi connectivity index (χ1n) is 10.4. The number of aliphatic hydroxyl groups excluding tert-OH is 1. The first kappa shape index (κ1) is 26.4. The van der Waals surface area contributed by atoms with Crippen molar-refractivity contribution in [3.63, 3.8) is 0 Å². The van der Waals surface area contributed by atoms with E-state index in [2.05, 4.69) is 20.3 Å². The molecule has 2 atom stereocenters. The topological polar surface area (TPSA) is 143 Å². The second-order valence-electron chi connectivity index (χ2n) is 7.35. The highest BCUT2D eigenvalue weighted by Crippen LogP contribution is 2.28. The number of anilines is 1. The van der Waals surface area contributed by atoms with Crippen molar-refractivity contribution in [2.24, 2.45) is 5.92 Å². The molecule has 0 radical (unpaired) electrons. The van der Waals surface area contributed by atoms with E-state index >= 15 is 0 Å². The van der Waals surface area contributed by atoms with Gasteiger partial charge in [-0.25, -0.2) is 18.4 Å². The van der Waals surface area contributed by atoms with Gasteiger partial charge >= 0.3 is 5.76 Å². The van der Waals surface area contributed by atoms with Crippen molar-refractivity contribution in [1.29, 1.82) is 0 Å². The number of hydrogen-bond donors (Lipinski definition) is 3. The number of carbonyl (C=O) groups is 1. The highest BCUT2D eigenvalue weighted by atomic mass is 32.2. The Hall–Kier alpha value is -3.23. The summed E-state index contributed by atoms with van der Waals surface area (Å²) in [6.45, 7) is 3.60. The number of nitrogens with one attached hydrogen (secondary N) is 2. The third kappa shape index (κ3) is 6.68. The number of aliphatic hydroxyl groups is 1. The molecule has 2 heterocycles. The molecular formula is C21H23F2N5O5S2. The molecular weight excluding hydrogens is 504 g/mol. The van der Waals surface area contributed by atoms with Crippen LogP contribution in [0.25, 0.3) is 10.6 Å². The van der Waals surface area contributed by atoms with Crippen LogP contribution in [0.15, 0.2) is 42.9 Å². The monoisotopic (exact) mass is 527 g/mol. The molecule has 3 rings (SSSR count). The van der Waals surface area contributed by atoms with E-state index < -0.39 is 33.6 Å². The Morgan fingerprint density at radius 3 is 2.71 bits per heavy atom. The second kappa shape index (κ2) is 11.5. The maximum Gasteiger partial charge on any atom is 0.355 e. The number of aromatic nitrogens is 3. The largest absolute Gasteiger partial charge is 0.477 e. The highest BCUT2D eigenvalue weighted by Gasteiger charge is 2.26. The Bertz CT molecular complexity index is 1270. The van der Waals surface area contributed by atoms with Crippen LogP contribution in [0.4, 0.5) is 14.5 Å². The van der Waals surface area contributed by atoms with Crippen molar-refractivity contribution < 1.29 is 31.8 Å². The number of rotatable bonds is 11. The van der Waals surface area contributed by atoms with E-state index in [1.54, 1.807) is 17.7 Å². The Balaban J connectivity index is 1.82. The minimum atomic E-state index is -4.86. The zero-order valence-corrected chi connectivity index (χ0v) is 20.3. The normalized spacial score (nSPS) is 13.3. The summed E-state index contributed by atoms with van der Waals surface area (Å²) in [6.07, 6.45) is 4.46. The minimum absolute atomic E-state index is 0.100. The maximum absolute atomic E-state index is 12.9. The Morgan fingerprint density at radius 2 is 2.03 bits per heavy atom. The zero-order chi connectivity index (χ0) is 25.6. The molecule has 35 heavy (non-hydrogen) atoms. The van der Waals surface area contributed by atoms with Gasteiger partial charge in [0.25, 0.3) is 15.9 Å². The number of benzene rings is 1. The average Bonchev–Trinajstić information content (AvgIpc) is 3.33. The van der Waals surface area contributed by atoms with Crippen molar-refractivity contribution >= 4 is 33.0 Å². The van der Waals surface area contributed by atoms with Gasteiger partial charge in [0.2, 0.25) is 5.88 Å². The minimum Gasteiger partial charge on any atom is -0.477 e. The number of amides is 1. The fraction of sp³-hybridized carbons (Fsp3) is 0.333. The summed E-state index contributed by atoms with van der Waals surface area (Å²) >= 11 is 1.07. The third-order valence-electron chi connectivity index (χ3n) is 4.74. The molecule has 1 amide bonds. The predicted octanol–water partition coefficient (Wildman–Crippen LogP) is 3.06. The zero-order valence-electron chi connectivity index (χ0n) is 18.7. The predicted molar refractivity (Wildman–Crippen MR) is 126 cm³/mol. The van der Waals surface area contributed by atoms with Crippen molar-refractivity contribution in [2.75, 3.05) is 17.9 Å². The Morgan fingerprint density at radius 1 is 1.26 bits per heavy atom. The van der Waals surface area contributed by atoms with E-state index in [-0.39, 0.29) is 17.3 Å². The van der Waals surface area contributed by atoms with Gasteiger partial charge in [-0.15, -0.1) is 11.3 Å². The van der Waals surface area contributed by atoms with E-state index in [0.717, 1.165) is 11.3 Å². The lowest BCUT2D eigenvalue weighted by Crippen LogP contribution is -2.34. The summed E-state index contributed by atoms with van der Waals surface area (Å²) in [5.41, 5.74) is 0.782. The van der Waals surface area contributed by atoms with Crippen LogP contribution < -0.4 is 14.8 Å². The lowest BCUT2D eigenvalue weighted by Gasteiger charge is -2.24. The lowest BCUT2D eigenvalue weighted by molar-refractivity contribution is 0.0908. The van der Waals surface area contributed by atoms with Crippen LogP contribution in [-0.2, 0) is 10.0 Å². The molecule has 0 saturated carbocycles. The summed E-state index contributed by atoms with van der Waals surface area (Å²) in [6, 6.07) is 4.89. The van der Waals surface area contributed by atoms with Gasteiger partial charge in [0.05, 0.1) is 29.9 Å². The second-order valence-corrected chi connectivity index (χ2v) is 10.0. The van der Waals surface area contributed by atoms with Crippen molar-refractivity contribution in [2.45, 2.75) is 25.6 Å². The number of ether oxygens (including phenoxy) is 1. The van der Waals surface area contributed by atoms with E-state index in [4.69, 9.17) is 4.74 Å². The van der Waals surface area contributed by atoms with Gasteiger partial charge in [-0.05, 0) is 24.6 Å². The molecule has 0 aliphatic rings. The number of sulfonamides is 1. The number of alkyl halides is 2. The fourth-order valence-corrected chi connectivity index (χ4v) is 4.37. The standard InChI is InChI=1S/C21H23F2N5O5S2/c1-3-33-17-10-24-8-15(26-17)16-9-25-20(34-16)19(30)27-18(12(2)11-29)13-5-4-6-14(7-13)28-35(31,32)21(22)23/h4-10,12,18,21,28-29H,3,11H2,1-2H3,(H,27,30)/t12-,18+/m0/s1. The van der Waals surface area contributed by atoms with Crippen LogP contribution in [0, 0.1) is 5.92 Å². The van der Waals surface area contributed by atoms with Gasteiger partial charge in [-0.3, -0.25) is 14.5 Å². The summed E-state index contributed by atoms with van der Waals surface area (Å²) in [4.78, 5) is 26.1. The average molecular weight is 528 g/mol. The number of thiazole rings is 1. The van der Waals surface area contributed by atoms with Crippen molar-refractivity contribution in [1.82, 2.24) is 20.3 Å².